The fraction of sp³-hybridized carbons (Fsp3) is 0.278. The largest absolute Gasteiger partial charge is 0.495 e. The van der Waals surface area contributed by atoms with Gasteiger partial charge in [-0.3, -0.25) is 13.9 Å². The van der Waals surface area contributed by atoms with Crippen LogP contribution in [-0.4, -0.2) is 65.6 Å². The first-order valence-electron chi connectivity index (χ1n) is 15.6. The average Bonchev–Trinajstić information content (AvgIpc) is 3.11. The molecule has 0 aliphatic carbocycles. The van der Waals surface area contributed by atoms with Crippen molar-refractivity contribution < 1.29 is 32.2 Å². The van der Waals surface area contributed by atoms with Gasteiger partial charge < -0.3 is 24.4 Å². The number of methoxy groups -OCH3 is 3. The maximum absolute atomic E-state index is 14.8. The number of sulfonamides is 1. The fourth-order valence-corrected chi connectivity index (χ4v) is 7.30. The standard InChI is InChI=1S/C36H38Cl3N3O7S/c1-5-17-40-36(44)31(18-24-9-7-6-8-10-24)41(22-25-11-12-26(37)19-29(25)39)35(43)23-42(30-20-27(38)13-15-32(30)47-2)50(45,46)28-14-16-33(48-3)34(21-28)49-4/h6-16,19-21,31H,5,17-18,22-23H2,1-4H3,(H,40,44)/t31-/m0/s1. The lowest BCUT2D eigenvalue weighted by Crippen LogP contribution is -2.53. The highest BCUT2D eigenvalue weighted by Crippen LogP contribution is 2.37. The molecule has 0 radical (unpaired) electrons. The molecule has 1 N–H and O–H groups in total. The number of halogens is 3. The van der Waals surface area contributed by atoms with Crippen LogP contribution in [0.3, 0.4) is 0 Å². The number of carbonyl (C=O) groups is 2. The van der Waals surface area contributed by atoms with Crippen molar-refractivity contribution in [2.24, 2.45) is 0 Å². The van der Waals surface area contributed by atoms with Gasteiger partial charge in [-0.2, -0.15) is 0 Å². The van der Waals surface area contributed by atoms with Crippen LogP contribution < -0.4 is 23.8 Å². The Balaban J connectivity index is 1.89. The predicted octanol–water partition coefficient (Wildman–Crippen LogP) is 7.03. The summed E-state index contributed by atoms with van der Waals surface area (Å²) in [4.78, 5) is 29.8. The minimum absolute atomic E-state index is 0.00246. The lowest BCUT2D eigenvalue weighted by Gasteiger charge is -2.34. The van der Waals surface area contributed by atoms with Gasteiger partial charge in [-0.1, -0.05) is 78.1 Å². The predicted molar refractivity (Wildman–Crippen MR) is 196 cm³/mol. The van der Waals surface area contributed by atoms with Crippen LogP contribution in [0.5, 0.6) is 17.2 Å². The molecule has 0 fully saturated rings. The number of benzene rings is 4. The van der Waals surface area contributed by atoms with E-state index in [-0.39, 0.29) is 45.1 Å². The van der Waals surface area contributed by atoms with E-state index < -0.39 is 34.4 Å². The summed E-state index contributed by atoms with van der Waals surface area (Å²) in [6, 6.07) is 21.5. The molecule has 0 aromatic heterocycles. The van der Waals surface area contributed by atoms with Gasteiger partial charge in [0.25, 0.3) is 10.0 Å². The topological polar surface area (TPSA) is 114 Å². The van der Waals surface area contributed by atoms with Crippen LogP contribution in [0.4, 0.5) is 5.69 Å². The van der Waals surface area contributed by atoms with Crippen molar-refractivity contribution in [3.63, 3.8) is 0 Å². The number of carbonyl (C=O) groups excluding carboxylic acids is 2. The number of ether oxygens (including phenoxy) is 3. The fourth-order valence-electron chi connectivity index (χ4n) is 5.23. The number of hydrogen-bond donors (Lipinski definition) is 1. The van der Waals surface area contributed by atoms with Gasteiger partial charge in [0.05, 0.1) is 31.9 Å². The quantitative estimate of drug-likeness (QED) is 0.130. The van der Waals surface area contributed by atoms with Crippen molar-refractivity contribution >= 4 is 62.3 Å². The van der Waals surface area contributed by atoms with E-state index in [1.54, 1.807) is 12.1 Å². The molecule has 4 aromatic carbocycles. The minimum atomic E-state index is -4.53. The molecule has 14 heteroatoms. The number of hydrogen-bond acceptors (Lipinski definition) is 7. The summed E-state index contributed by atoms with van der Waals surface area (Å²) < 4.78 is 46.3. The maximum Gasteiger partial charge on any atom is 0.265 e. The molecule has 0 saturated heterocycles. The SMILES string of the molecule is CCCNC(=O)[C@H](Cc1ccccc1)N(Cc1ccc(Cl)cc1Cl)C(=O)CN(c1cc(Cl)ccc1OC)S(=O)(=O)c1ccc(OC)c(OC)c1. The highest BCUT2D eigenvalue weighted by atomic mass is 35.5. The van der Waals surface area contributed by atoms with Crippen LogP contribution in [0.2, 0.25) is 15.1 Å². The van der Waals surface area contributed by atoms with E-state index in [1.807, 2.05) is 37.3 Å². The third-order valence-corrected chi connectivity index (χ3v) is 10.4. The monoisotopic (exact) mass is 761 g/mol. The van der Waals surface area contributed by atoms with Crippen LogP contribution in [0.15, 0.2) is 89.8 Å². The molecule has 4 rings (SSSR count). The first-order chi connectivity index (χ1) is 23.9. The molecular formula is C36H38Cl3N3O7S. The normalized spacial score (nSPS) is 11.7. The molecule has 266 valence electrons. The van der Waals surface area contributed by atoms with E-state index in [1.165, 1.54) is 68.7 Å². The van der Waals surface area contributed by atoms with Crippen molar-refractivity contribution in [2.45, 2.75) is 37.2 Å². The van der Waals surface area contributed by atoms with Gasteiger partial charge >= 0.3 is 0 Å². The lowest BCUT2D eigenvalue weighted by atomic mass is 10.0. The van der Waals surface area contributed by atoms with E-state index in [9.17, 15) is 18.0 Å². The Hall–Kier alpha value is -4.16. The highest BCUT2D eigenvalue weighted by Gasteiger charge is 2.36. The number of anilines is 1. The van der Waals surface area contributed by atoms with Crippen molar-refractivity contribution in [3.05, 3.63) is 111 Å². The zero-order valence-electron chi connectivity index (χ0n) is 28.0. The van der Waals surface area contributed by atoms with Gasteiger partial charge in [-0.15, -0.1) is 0 Å². The Labute approximate surface area is 307 Å². The molecule has 0 aliphatic heterocycles. The Bertz CT molecular complexity index is 1910. The molecule has 1 atom stereocenters. The van der Waals surface area contributed by atoms with Crippen LogP contribution in [0.25, 0.3) is 0 Å². The second-order valence-corrected chi connectivity index (χ2v) is 14.2. The smallest absolute Gasteiger partial charge is 0.265 e. The molecule has 0 aliphatic rings. The summed E-state index contributed by atoms with van der Waals surface area (Å²) in [5.41, 5.74) is 1.29. The second-order valence-electron chi connectivity index (χ2n) is 11.1. The molecule has 2 amide bonds. The molecule has 0 bridgehead atoms. The van der Waals surface area contributed by atoms with E-state index in [0.717, 1.165) is 9.87 Å². The zero-order chi connectivity index (χ0) is 36.4. The maximum atomic E-state index is 14.8. The summed E-state index contributed by atoms with van der Waals surface area (Å²) in [6.07, 6.45) is 0.795. The molecule has 10 nitrogen and oxygen atoms in total. The van der Waals surface area contributed by atoms with Crippen LogP contribution in [0, 0.1) is 0 Å². The molecular weight excluding hydrogens is 725 g/mol. The third-order valence-electron chi connectivity index (χ3n) is 7.81. The average molecular weight is 763 g/mol. The van der Waals surface area contributed by atoms with Crippen LogP contribution >= 0.6 is 34.8 Å². The molecule has 50 heavy (non-hydrogen) atoms. The van der Waals surface area contributed by atoms with Gasteiger partial charge in [0.1, 0.15) is 18.3 Å². The van der Waals surface area contributed by atoms with Gasteiger partial charge in [-0.25, -0.2) is 8.42 Å². The summed E-state index contributed by atoms with van der Waals surface area (Å²) in [5.74, 6) is -0.506. The zero-order valence-corrected chi connectivity index (χ0v) is 31.1. The number of nitrogens with one attached hydrogen (secondary N) is 1. The Morgan fingerprint density at radius 1 is 0.800 bits per heavy atom. The van der Waals surface area contributed by atoms with Crippen molar-refractivity contribution in [2.75, 3.05) is 38.7 Å². The Morgan fingerprint density at radius 3 is 2.08 bits per heavy atom. The molecule has 4 aromatic rings. The minimum Gasteiger partial charge on any atom is -0.495 e. The first kappa shape index (κ1) is 38.6. The lowest BCUT2D eigenvalue weighted by molar-refractivity contribution is -0.140. The molecule has 0 heterocycles. The summed E-state index contributed by atoms with van der Waals surface area (Å²) in [6.45, 7) is 1.40. The summed E-state index contributed by atoms with van der Waals surface area (Å²) in [5, 5.41) is 3.77. The summed E-state index contributed by atoms with van der Waals surface area (Å²) >= 11 is 19.1. The Morgan fingerprint density at radius 2 is 1.44 bits per heavy atom. The van der Waals surface area contributed by atoms with Crippen LogP contribution in [0.1, 0.15) is 24.5 Å². The Kier molecular flexibility index (Phi) is 13.7. The number of nitrogens with zero attached hydrogens (tertiary/aromatic N) is 2. The third kappa shape index (κ3) is 9.33. The van der Waals surface area contributed by atoms with E-state index in [0.29, 0.717) is 29.3 Å². The molecule has 0 saturated carbocycles. The van der Waals surface area contributed by atoms with E-state index in [4.69, 9.17) is 49.0 Å². The second kappa shape index (κ2) is 17.7. The molecule has 0 spiro atoms. The van der Waals surface area contributed by atoms with Gasteiger partial charge in [0.2, 0.25) is 11.8 Å². The van der Waals surface area contributed by atoms with E-state index >= 15 is 0 Å². The van der Waals surface area contributed by atoms with E-state index in [2.05, 4.69) is 5.32 Å². The van der Waals surface area contributed by atoms with Gasteiger partial charge in [-0.05, 0) is 60.0 Å². The number of rotatable bonds is 16. The first-order valence-corrected chi connectivity index (χ1v) is 18.1. The highest BCUT2D eigenvalue weighted by molar-refractivity contribution is 7.92. The molecule has 0 unspecified atom stereocenters. The summed E-state index contributed by atoms with van der Waals surface area (Å²) in [7, 11) is -0.345. The number of amides is 2. The van der Waals surface area contributed by atoms with Gasteiger partial charge in [0.15, 0.2) is 11.5 Å². The van der Waals surface area contributed by atoms with Crippen molar-refractivity contribution in [1.29, 1.82) is 0 Å². The van der Waals surface area contributed by atoms with Crippen molar-refractivity contribution in [3.8, 4) is 17.2 Å². The van der Waals surface area contributed by atoms with Gasteiger partial charge in [0, 0.05) is 40.6 Å². The van der Waals surface area contributed by atoms with Crippen molar-refractivity contribution in [1.82, 2.24) is 10.2 Å². The van der Waals surface area contributed by atoms with Crippen LogP contribution in [-0.2, 0) is 32.6 Å².